The Bertz CT molecular complexity index is 334. The molecule has 2 nitrogen and oxygen atoms in total. The fourth-order valence-corrected chi connectivity index (χ4v) is 0.950. The molecule has 0 aliphatic rings. The van der Waals surface area contributed by atoms with Crippen molar-refractivity contribution in [1.82, 2.24) is 0 Å². The molecule has 0 aliphatic heterocycles. The van der Waals surface area contributed by atoms with Crippen molar-refractivity contribution >= 4 is 0 Å². The van der Waals surface area contributed by atoms with Crippen molar-refractivity contribution in [2.24, 2.45) is 0 Å². The Hall–Kier alpha value is -1.47. The van der Waals surface area contributed by atoms with E-state index in [0.29, 0.717) is 0 Å². The largest absolute Gasteiger partial charge is 0.380 e. The number of ether oxygens (including phenoxy) is 1. The van der Waals surface area contributed by atoms with Crippen molar-refractivity contribution in [3.63, 3.8) is 0 Å². The normalized spacial score (nSPS) is 9.69. The molecule has 0 saturated heterocycles. The zero-order valence-electron chi connectivity index (χ0n) is 6.97. The van der Waals surface area contributed by atoms with E-state index in [0.717, 1.165) is 12.1 Å². The molecule has 13 heavy (non-hydrogen) atoms. The van der Waals surface area contributed by atoms with Crippen molar-refractivity contribution in [3.05, 3.63) is 34.9 Å². The summed E-state index contributed by atoms with van der Waals surface area (Å²) in [4.78, 5) is 0. The van der Waals surface area contributed by atoms with Crippen molar-refractivity contribution in [2.45, 2.75) is 6.61 Å². The lowest BCUT2D eigenvalue weighted by Crippen LogP contribution is -1.98. The van der Waals surface area contributed by atoms with E-state index in [2.05, 4.69) is 4.74 Å². The number of nitriles is 1. The number of hydrogen-bond donors (Lipinski definition) is 0. The summed E-state index contributed by atoms with van der Waals surface area (Å²) >= 11 is 0. The van der Waals surface area contributed by atoms with Crippen LogP contribution in [0.15, 0.2) is 12.1 Å². The summed E-state index contributed by atoms with van der Waals surface area (Å²) in [6.07, 6.45) is 0. The molecule has 0 spiro atoms. The maximum Gasteiger partial charge on any atom is 0.132 e. The molecule has 4 heteroatoms. The van der Waals surface area contributed by atoms with Gasteiger partial charge >= 0.3 is 0 Å². The van der Waals surface area contributed by atoms with Crippen LogP contribution in [0.1, 0.15) is 11.1 Å². The molecule has 0 saturated carbocycles. The van der Waals surface area contributed by atoms with Crippen LogP contribution in [0.4, 0.5) is 8.78 Å². The summed E-state index contributed by atoms with van der Waals surface area (Å²) in [5.41, 5.74) is -0.184. The maximum absolute atomic E-state index is 13.0. The molecule has 0 heterocycles. The second-order valence-electron chi connectivity index (χ2n) is 2.46. The average molecular weight is 183 g/mol. The zero-order valence-corrected chi connectivity index (χ0v) is 6.97. The summed E-state index contributed by atoms with van der Waals surface area (Å²) in [6, 6.07) is 3.62. The molecule has 0 amide bonds. The SMILES string of the molecule is COCc1c(F)cc(C#N)cc1F. The third kappa shape index (κ3) is 2.01. The van der Waals surface area contributed by atoms with Crippen LogP contribution in [-0.4, -0.2) is 7.11 Å². The quantitative estimate of drug-likeness (QED) is 0.702. The van der Waals surface area contributed by atoms with Gasteiger partial charge in [0, 0.05) is 12.7 Å². The van der Waals surface area contributed by atoms with Gasteiger partial charge in [-0.15, -0.1) is 0 Å². The lowest BCUT2D eigenvalue weighted by atomic mass is 10.1. The number of hydrogen-bond acceptors (Lipinski definition) is 2. The van der Waals surface area contributed by atoms with Crippen LogP contribution in [0.3, 0.4) is 0 Å². The molecule has 0 aliphatic carbocycles. The molecule has 68 valence electrons. The molecular weight excluding hydrogens is 176 g/mol. The van der Waals surface area contributed by atoms with Gasteiger partial charge in [-0.1, -0.05) is 0 Å². The van der Waals surface area contributed by atoms with Gasteiger partial charge in [0.25, 0.3) is 0 Å². The van der Waals surface area contributed by atoms with Crippen molar-refractivity contribution in [3.8, 4) is 6.07 Å². The van der Waals surface area contributed by atoms with E-state index >= 15 is 0 Å². The van der Waals surface area contributed by atoms with Crippen LogP contribution in [0.2, 0.25) is 0 Å². The fourth-order valence-electron chi connectivity index (χ4n) is 0.950. The van der Waals surface area contributed by atoms with Gasteiger partial charge in [-0.3, -0.25) is 0 Å². The average Bonchev–Trinajstić information content (AvgIpc) is 2.11. The van der Waals surface area contributed by atoms with E-state index in [1.807, 2.05) is 0 Å². The standard InChI is InChI=1S/C9H7F2NO/c1-13-5-7-8(10)2-6(4-12)3-9(7)11/h2-3H,5H2,1H3. The van der Waals surface area contributed by atoms with Crippen LogP contribution in [0, 0.1) is 23.0 Å². The Balaban J connectivity index is 3.17. The number of methoxy groups -OCH3 is 1. The summed E-state index contributed by atoms with van der Waals surface area (Å²) in [7, 11) is 1.34. The summed E-state index contributed by atoms with van der Waals surface area (Å²) < 4.78 is 30.6. The minimum absolute atomic E-state index is 0.0325. The fraction of sp³-hybridized carbons (Fsp3) is 0.222. The number of rotatable bonds is 2. The predicted molar refractivity (Wildman–Crippen MR) is 41.8 cm³/mol. The molecule has 1 aromatic rings. The van der Waals surface area contributed by atoms with E-state index in [9.17, 15) is 8.78 Å². The Morgan fingerprint density at radius 3 is 2.31 bits per heavy atom. The third-order valence-corrected chi connectivity index (χ3v) is 1.56. The molecule has 0 bridgehead atoms. The Morgan fingerprint density at radius 1 is 1.38 bits per heavy atom. The summed E-state index contributed by atoms with van der Waals surface area (Å²) in [5, 5.41) is 8.39. The van der Waals surface area contributed by atoms with Crippen molar-refractivity contribution < 1.29 is 13.5 Å². The second-order valence-corrected chi connectivity index (χ2v) is 2.46. The molecule has 1 rings (SSSR count). The van der Waals surface area contributed by atoms with Crippen LogP contribution >= 0.6 is 0 Å². The number of nitrogens with zero attached hydrogens (tertiary/aromatic N) is 1. The first-order valence-electron chi connectivity index (χ1n) is 3.56. The molecular formula is C9H7F2NO. The first kappa shape index (κ1) is 9.62. The smallest absolute Gasteiger partial charge is 0.132 e. The van der Waals surface area contributed by atoms with Crippen LogP contribution in [0.5, 0.6) is 0 Å². The number of halogens is 2. The highest BCUT2D eigenvalue weighted by Gasteiger charge is 2.10. The van der Waals surface area contributed by atoms with E-state index in [-0.39, 0.29) is 17.7 Å². The summed E-state index contributed by atoms with van der Waals surface area (Å²) in [5.74, 6) is -1.50. The van der Waals surface area contributed by atoms with Gasteiger partial charge < -0.3 is 4.74 Å². The van der Waals surface area contributed by atoms with Gasteiger partial charge in [-0.2, -0.15) is 5.26 Å². The first-order chi connectivity index (χ1) is 6.19. The highest BCUT2D eigenvalue weighted by atomic mass is 19.1. The molecule has 0 atom stereocenters. The van der Waals surface area contributed by atoms with Crippen LogP contribution < -0.4 is 0 Å². The highest BCUT2D eigenvalue weighted by Crippen LogP contribution is 2.15. The van der Waals surface area contributed by atoms with Gasteiger partial charge in [0.05, 0.1) is 18.2 Å². The monoisotopic (exact) mass is 183 g/mol. The lowest BCUT2D eigenvalue weighted by molar-refractivity contribution is 0.177. The molecule has 0 radical (unpaired) electrons. The number of benzene rings is 1. The van der Waals surface area contributed by atoms with E-state index in [4.69, 9.17) is 5.26 Å². The van der Waals surface area contributed by atoms with E-state index in [1.165, 1.54) is 7.11 Å². The molecule has 0 aromatic heterocycles. The van der Waals surface area contributed by atoms with Gasteiger partial charge in [0.2, 0.25) is 0 Å². The molecule has 0 fully saturated rings. The first-order valence-corrected chi connectivity index (χ1v) is 3.56. The van der Waals surface area contributed by atoms with Crippen LogP contribution in [-0.2, 0) is 11.3 Å². The minimum Gasteiger partial charge on any atom is -0.380 e. The molecule has 0 N–H and O–H groups in total. The topological polar surface area (TPSA) is 33.0 Å². The van der Waals surface area contributed by atoms with E-state index < -0.39 is 11.6 Å². The zero-order chi connectivity index (χ0) is 9.84. The second kappa shape index (κ2) is 3.97. The Kier molecular flexibility index (Phi) is 2.93. The predicted octanol–water partition coefficient (Wildman–Crippen LogP) is 1.98. The van der Waals surface area contributed by atoms with E-state index in [1.54, 1.807) is 6.07 Å². The van der Waals surface area contributed by atoms with Crippen molar-refractivity contribution in [1.29, 1.82) is 5.26 Å². The van der Waals surface area contributed by atoms with Gasteiger partial charge in [0.15, 0.2) is 0 Å². The Morgan fingerprint density at radius 2 is 1.92 bits per heavy atom. The van der Waals surface area contributed by atoms with Gasteiger partial charge in [0.1, 0.15) is 11.6 Å². The van der Waals surface area contributed by atoms with Crippen LogP contribution in [0.25, 0.3) is 0 Å². The minimum atomic E-state index is -0.751. The molecule has 0 unspecified atom stereocenters. The highest BCUT2D eigenvalue weighted by molar-refractivity contribution is 5.33. The third-order valence-electron chi connectivity index (χ3n) is 1.56. The van der Waals surface area contributed by atoms with Gasteiger partial charge in [-0.25, -0.2) is 8.78 Å². The molecule has 1 aromatic carbocycles. The Labute approximate surface area is 74.4 Å². The van der Waals surface area contributed by atoms with Crippen molar-refractivity contribution in [2.75, 3.05) is 7.11 Å². The lowest BCUT2D eigenvalue weighted by Gasteiger charge is -2.03. The summed E-state index contributed by atoms with van der Waals surface area (Å²) in [6.45, 7) is -0.136. The maximum atomic E-state index is 13.0. The van der Waals surface area contributed by atoms with Gasteiger partial charge in [-0.05, 0) is 12.1 Å².